The first-order valence-corrected chi connectivity index (χ1v) is 8.36. The molecule has 1 N–H and O–H groups in total. The van der Waals surface area contributed by atoms with Gasteiger partial charge in [-0.05, 0) is 57.4 Å². The lowest BCUT2D eigenvalue weighted by Gasteiger charge is -2.13. The molecule has 1 aromatic heterocycles. The molecule has 0 saturated heterocycles. The van der Waals surface area contributed by atoms with Crippen LogP contribution in [0.25, 0.3) is 11.0 Å². The molecule has 4 nitrogen and oxygen atoms in total. The normalized spacial score (nSPS) is 10.9. The van der Waals surface area contributed by atoms with Gasteiger partial charge in [-0.3, -0.25) is 4.79 Å². The fourth-order valence-electron chi connectivity index (χ4n) is 2.86. The molecule has 0 spiro atoms. The van der Waals surface area contributed by atoms with Crippen molar-refractivity contribution in [2.45, 2.75) is 13.5 Å². The van der Waals surface area contributed by atoms with Crippen molar-refractivity contribution in [2.24, 2.45) is 0 Å². The number of phenols is 1. The number of benzene rings is 2. The van der Waals surface area contributed by atoms with Gasteiger partial charge in [0.2, 0.25) is 0 Å². The number of hydrogen-bond donors (Lipinski definition) is 1. The van der Waals surface area contributed by atoms with E-state index in [-0.39, 0.29) is 23.9 Å². The minimum Gasteiger partial charge on any atom is -0.508 e. The molecule has 1 heterocycles. The Morgan fingerprint density at radius 2 is 1.80 bits per heavy atom. The minimum atomic E-state index is -0.107. The fourth-order valence-corrected chi connectivity index (χ4v) is 3.13. The number of nitrogens with zero attached hydrogens (tertiary/aromatic N) is 1. The Kier molecular flexibility index (Phi) is 5.93. The molecule has 0 amide bonds. The molecule has 0 atom stereocenters. The monoisotopic (exact) mass is 423 g/mol. The zero-order valence-corrected chi connectivity index (χ0v) is 16.6. The third-order valence-corrected chi connectivity index (χ3v) is 4.45. The quantitative estimate of drug-likeness (QED) is 0.604. The molecular formula is C19H19BrClNO3. The van der Waals surface area contributed by atoms with Gasteiger partial charge in [0.25, 0.3) is 0 Å². The Labute approximate surface area is 161 Å². The van der Waals surface area contributed by atoms with Gasteiger partial charge in [0.15, 0.2) is 5.78 Å². The maximum Gasteiger partial charge on any atom is 0.197 e. The van der Waals surface area contributed by atoms with Crippen molar-refractivity contribution in [1.82, 2.24) is 4.90 Å². The van der Waals surface area contributed by atoms with Crippen molar-refractivity contribution in [3.05, 3.63) is 63.3 Å². The number of carbonyl (C=O) groups is 1. The zero-order chi connectivity index (χ0) is 17.4. The fraction of sp³-hybridized carbons (Fsp3) is 0.211. The number of carbonyl (C=O) groups excluding carboxylic acids is 1. The number of aryl methyl sites for hydroxylation is 1. The standard InChI is InChI=1S/C19H18BrNO3.ClH/c1-11-17(19(23)12-4-6-13(20)7-5-12)18-14(10-21(2)3)15(22)8-9-16(18)24-11;/h4-9,22H,10H2,1-3H3;1H. The second-order valence-electron chi connectivity index (χ2n) is 6.04. The van der Waals surface area contributed by atoms with Crippen LogP contribution in [-0.4, -0.2) is 29.9 Å². The van der Waals surface area contributed by atoms with Crippen molar-refractivity contribution >= 4 is 45.1 Å². The lowest BCUT2D eigenvalue weighted by atomic mass is 9.97. The van der Waals surface area contributed by atoms with Crippen LogP contribution in [-0.2, 0) is 6.54 Å². The highest BCUT2D eigenvalue weighted by molar-refractivity contribution is 9.10. The van der Waals surface area contributed by atoms with Gasteiger partial charge in [-0.15, -0.1) is 12.4 Å². The summed E-state index contributed by atoms with van der Waals surface area (Å²) in [5.41, 5.74) is 2.42. The van der Waals surface area contributed by atoms with E-state index in [1.54, 1.807) is 31.2 Å². The Morgan fingerprint density at radius 3 is 2.40 bits per heavy atom. The Morgan fingerprint density at radius 1 is 1.16 bits per heavy atom. The van der Waals surface area contributed by atoms with Crippen LogP contribution < -0.4 is 0 Å². The van der Waals surface area contributed by atoms with E-state index in [9.17, 15) is 9.90 Å². The molecule has 25 heavy (non-hydrogen) atoms. The third-order valence-electron chi connectivity index (χ3n) is 3.92. The van der Waals surface area contributed by atoms with Crippen molar-refractivity contribution in [1.29, 1.82) is 0 Å². The van der Waals surface area contributed by atoms with Gasteiger partial charge in [0.05, 0.1) is 5.56 Å². The summed E-state index contributed by atoms with van der Waals surface area (Å²) >= 11 is 3.38. The van der Waals surface area contributed by atoms with Crippen LogP contribution in [0.3, 0.4) is 0 Å². The number of halogens is 2. The van der Waals surface area contributed by atoms with E-state index in [0.29, 0.717) is 40.0 Å². The summed E-state index contributed by atoms with van der Waals surface area (Å²) in [6.45, 7) is 2.30. The van der Waals surface area contributed by atoms with E-state index < -0.39 is 0 Å². The molecule has 6 heteroatoms. The molecule has 0 aliphatic heterocycles. The van der Waals surface area contributed by atoms with Gasteiger partial charge in [-0.2, -0.15) is 0 Å². The van der Waals surface area contributed by atoms with Crippen LogP contribution in [0.15, 0.2) is 45.3 Å². The summed E-state index contributed by atoms with van der Waals surface area (Å²) in [6.07, 6.45) is 0. The number of hydrogen-bond acceptors (Lipinski definition) is 4. The second-order valence-corrected chi connectivity index (χ2v) is 6.96. The largest absolute Gasteiger partial charge is 0.508 e. The van der Waals surface area contributed by atoms with E-state index in [2.05, 4.69) is 15.9 Å². The van der Waals surface area contributed by atoms with E-state index >= 15 is 0 Å². The summed E-state index contributed by atoms with van der Waals surface area (Å²) in [7, 11) is 3.84. The molecule has 0 aliphatic rings. The molecule has 0 bridgehead atoms. The molecule has 0 aliphatic carbocycles. The molecule has 0 unspecified atom stereocenters. The molecule has 0 radical (unpaired) electrons. The van der Waals surface area contributed by atoms with Gasteiger partial charge < -0.3 is 14.4 Å². The molecule has 3 aromatic rings. The van der Waals surface area contributed by atoms with Crippen LogP contribution in [0.1, 0.15) is 27.2 Å². The van der Waals surface area contributed by atoms with Crippen molar-refractivity contribution in [2.75, 3.05) is 14.1 Å². The first-order chi connectivity index (χ1) is 11.4. The topological polar surface area (TPSA) is 53.7 Å². The lowest BCUT2D eigenvalue weighted by molar-refractivity contribution is 0.103. The van der Waals surface area contributed by atoms with Crippen molar-refractivity contribution < 1.29 is 14.3 Å². The third kappa shape index (κ3) is 3.73. The molecule has 0 saturated carbocycles. The number of furan rings is 1. The summed E-state index contributed by atoms with van der Waals surface area (Å²) in [4.78, 5) is 15.0. The van der Waals surface area contributed by atoms with E-state index in [1.165, 1.54) is 0 Å². The van der Waals surface area contributed by atoms with E-state index in [4.69, 9.17) is 4.42 Å². The van der Waals surface area contributed by atoms with Gasteiger partial charge in [0, 0.05) is 27.5 Å². The molecular weight excluding hydrogens is 406 g/mol. The highest BCUT2D eigenvalue weighted by Crippen LogP contribution is 2.35. The molecule has 2 aromatic carbocycles. The van der Waals surface area contributed by atoms with Crippen LogP contribution in [0, 0.1) is 6.92 Å². The highest BCUT2D eigenvalue weighted by Gasteiger charge is 2.23. The smallest absolute Gasteiger partial charge is 0.197 e. The molecule has 132 valence electrons. The number of rotatable bonds is 4. The number of ketones is 1. The van der Waals surface area contributed by atoms with Crippen molar-refractivity contribution in [3.8, 4) is 5.75 Å². The number of fused-ring (bicyclic) bond motifs is 1. The number of aromatic hydroxyl groups is 1. The minimum absolute atomic E-state index is 0. The first kappa shape index (κ1) is 19.5. The van der Waals surface area contributed by atoms with Crippen LogP contribution >= 0.6 is 28.3 Å². The zero-order valence-electron chi connectivity index (χ0n) is 14.2. The lowest BCUT2D eigenvalue weighted by Crippen LogP contribution is -2.12. The average Bonchev–Trinajstić information content (AvgIpc) is 2.86. The summed E-state index contributed by atoms with van der Waals surface area (Å²) in [6, 6.07) is 10.5. The van der Waals surface area contributed by atoms with Crippen LogP contribution in [0.2, 0.25) is 0 Å². The van der Waals surface area contributed by atoms with Gasteiger partial charge in [0.1, 0.15) is 17.1 Å². The summed E-state index contributed by atoms with van der Waals surface area (Å²) in [5.74, 6) is 0.620. The van der Waals surface area contributed by atoms with Crippen molar-refractivity contribution in [3.63, 3.8) is 0 Å². The SMILES string of the molecule is Cc1oc2ccc(O)c(CN(C)C)c2c1C(=O)c1ccc(Br)cc1.Cl. The van der Waals surface area contributed by atoms with Gasteiger partial charge >= 0.3 is 0 Å². The van der Waals surface area contributed by atoms with Gasteiger partial charge in [-0.25, -0.2) is 0 Å². The Hall–Kier alpha value is -1.82. The Balaban J connectivity index is 0.00000225. The second kappa shape index (κ2) is 7.60. The maximum absolute atomic E-state index is 13.0. The van der Waals surface area contributed by atoms with E-state index in [1.807, 2.05) is 31.1 Å². The molecule has 0 fully saturated rings. The van der Waals surface area contributed by atoms with E-state index in [0.717, 1.165) is 4.47 Å². The predicted octanol–water partition coefficient (Wildman–Crippen LogP) is 4.92. The van der Waals surface area contributed by atoms with Crippen LogP contribution in [0.4, 0.5) is 0 Å². The highest BCUT2D eigenvalue weighted by atomic mass is 79.9. The maximum atomic E-state index is 13.0. The number of phenolic OH excluding ortho intramolecular Hbond substituents is 1. The average molecular weight is 425 g/mol. The molecule has 3 rings (SSSR count). The van der Waals surface area contributed by atoms with Gasteiger partial charge in [-0.1, -0.05) is 15.9 Å². The first-order valence-electron chi connectivity index (χ1n) is 7.57. The predicted molar refractivity (Wildman–Crippen MR) is 105 cm³/mol. The Bertz CT molecular complexity index is 917. The van der Waals surface area contributed by atoms with Crippen LogP contribution in [0.5, 0.6) is 5.75 Å². The summed E-state index contributed by atoms with van der Waals surface area (Å²) < 4.78 is 6.70. The summed E-state index contributed by atoms with van der Waals surface area (Å²) in [5, 5.41) is 11.0.